The van der Waals surface area contributed by atoms with Crippen LogP contribution in [0.4, 0.5) is 0 Å². The molecule has 0 spiro atoms. The summed E-state index contributed by atoms with van der Waals surface area (Å²) in [4.78, 5) is 11.1. The predicted molar refractivity (Wildman–Crippen MR) is 58.5 cm³/mol. The maximum atomic E-state index is 11.1. The van der Waals surface area contributed by atoms with E-state index >= 15 is 0 Å². The third-order valence-corrected chi connectivity index (χ3v) is 2.63. The number of epoxide rings is 1. The number of ether oxygens (including phenoxy) is 2. The van der Waals surface area contributed by atoms with Crippen molar-refractivity contribution in [1.82, 2.24) is 0 Å². The molecule has 0 radical (unpaired) electrons. The zero-order valence-corrected chi connectivity index (χ0v) is 9.53. The van der Waals surface area contributed by atoms with E-state index in [4.69, 9.17) is 9.47 Å². The first-order valence-corrected chi connectivity index (χ1v) is 5.22. The van der Waals surface area contributed by atoms with Crippen LogP contribution in [0.1, 0.15) is 27.2 Å². The molecule has 2 atom stereocenters. The topological polar surface area (TPSA) is 38.8 Å². The van der Waals surface area contributed by atoms with Crippen LogP contribution in [0.2, 0.25) is 0 Å². The molecule has 0 saturated carbocycles. The van der Waals surface area contributed by atoms with Gasteiger partial charge in [-0.3, -0.25) is 0 Å². The normalized spacial score (nSPS) is 29.9. The van der Waals surface area contributed by atoms with Gasteiger partial charge in [0, 0.05) is 12.5 Å². The molecule has 84 valence electrons. The maximum Gasteiger partial charge on any atom is 0.330 e. The van der Waals surface area contributed by atoms with E-state index in [-0.39, 0.29) is 17.7 Å². The molecule has 1 rings (SSSR count). The van der Waals surface area contributed by atoms with Crippen LogP contribution in [0.3, 0.4) is 0 Å². The summed E-state index contributed by atoms with van der Waals surface area (Å²) < 4.78 is 10.4. The van der Waals surface area contributed by atoms with Crippen molar-refractivity contribution in [2.45, 2.75) is 38.9 Å². The van der Waals surface area contributed by atoms with Crippen molar-refractivity contribution in [3.05, 3.63) is 24.3 Å². The van der Waals surface area contributed by atoms with E-state index in [2.05, 4.69) is 0 Å². The highest BCUT2D eigenvalue weighted by Gasteiger charge is 2.48. The number of hydrogen-bond acceptors (Lipinski definition) is 3. The summed E-state index contributed by atoms with van der Waals surface area (Å²) in [6.07, 6.45) is 7.77. The van der Waals surface area contributed by atoms with E-state index in [1.165, 1.54) is 6.08 Å². The Bertz CT molecular complexity index is 281. The Labute approximate surface area is 90.8 Å². The molecule has 1 aliphatic heterocycles. The Morgan fingerprint density at radius 1 is 1.53 bits per heavy atom. The molecule has 1 heterocycles. The molecule has 1 fully saturated rings. The number of rotatable bonds is 5. The lowest BCUT2D eigenvalue weighted by Gasteiger charge is -2.05. The summed E-state index contributed by atoms with van der Waals surface area (Å²) >= 11 is 0. The third-order valence-electron chi connectivity index (χ3n) is 2.63. The molecule has 15 heavy (non-hydrogen) atoms. The monoisotopic (exact) mass is 210 g/mol. The Morgan fingerprint density at radius 2 is 2.20 bits per heavy atom. The summed E-state index contributed by atoms with van der Waals surface area (Å²) in [7, 11) is 0. The molecule has 0 N–H and O–H groups in total. The fourth-order valence-corrected chi connectivity index (χ4v) is 1.28. The van der Waals surface area contributed by atoms with Crippen molar-refractivity contribution in [3.8, 4) is 0 Å². The smallest absolute Gasteiger partial charge is 0.330 e. The van der Waals surface area contributed by atoms with Gasteiger partial charge in [-0.25, -0.2) is 4.79 Å². The van der Waals surface area contributed by atoms with E-state index in [1.54, 1.807) is 12.2 Å². The number of carbonyl (C=O) groups excluding carboxylic acids is 1. The van der Waals surface area contributed by atoms with Gasteiger partial charge in [0.05, 0.1) is 18.3 Å². The average Bonchev–Trinajstić information content (AvgIpc) is 2.75. The van der Waals surface area contributed by atoms with Crippen molar-refractivity contribution >= 4 is 5.97 Å². The number of carbonyl (C=O) groups is 1. The summed E-state index contributed by atoms with van der Waals surface area (Å²) in [5.74, 6) is -0.301. The molecule has 0 aliphatic carbocycles. The van der Waals surface area contributed by atoms with Crippen LogP contribution in [0, 0.1) is 0 Å². The second-order valence-electron chi connectivity index (χ2n) is 3.88. The summed E-state index contributed by atoms with van der Waals surface area (Å²) in [6, 6.07) is 0. The van der Waals surface area contributed by atoms with E-state index in [1.807, 2.05) is 26.8 Å². The van der Waals surface area contributed by atoms with Crippen LogP contribution in [0.15, 0.2) is 24.3 Å². The highest BCUT2D eigenvalue weighted by molar-refractivity contribution is 5.82. The molecule has 0 bridgehead atoms. The molecule has 0 aromatic heterocycles. The standard InChI is InChI=1S/C12H18O3/c1-4-5-6-7-11(13)14-9-8-12(3)10(2)15-12/h4-7,10H,8-9H2,1-3H3/b5-4+,7-6-. The van der Waals surface area contributed by atoms with Gasteiger partial charge in [-0.2, -0.15) is 0 Å². The SMILES string of the molecule is C/C=C/C=C\C(=O)OCCC1(C)OC1C. The van der Waals surface area contributed by atoms with Gasteiger partial charge in [0.1, 0.15) is 0 Å². The van der Waals surface area contributed by atoms with Crippen molar-refractivity contribution in [2.24, 2.45) is 0 Å². The Morgan fingerprint density at radius 3 is 2.73 bits per heavy atom. The van der Waals surface area contributed by atoms with E-state index < -0.39 is 0 Å². The lowest BCUT2D eigenvalue weighted by Crippen LogP contribution is -2.13. The lowest BCUT2D eigenvalue weighted by molar-refractivity contribution is -0.138. The quantitative estimate of drug-likeness (QED) is 0.302. The van der Waals surface area contributed by atoms with Crippen LogP contribution in [0.25, 0.3) is 0 Å². The van der Waals surface area contributed by atoms with Crippen LogP contribution >= 0.6 is 0 Å². The highest BCUT2D eigenvalue weighted by atomic mass is 16.6. The summed E-state index contributed by atoms with van der Waals surface area (Å²) in [6.45, 7) is 6.36. The predicted octanol–water partition coefficient (Wildman–Crippen LogP) is 2.23. The van der Waals surface area contributed by atoms with Gasteiger partial charge in [-0.15, -0.1) is 0 Å². The van der Waals surface area contributed by atoms with Crippen molar-refractivity contribution in [2.75, 3.05) is 6.61 Å². The Balaban J connectivity index is 2.12. The Hall–Kier alpha value is -1.09. The molecule has 0 aromatic rings. The molecule has 2 unspecified atom stereocenters. The lowest BCUT2D eigenvalue weighted by atomic mass is 10.1. The largest absolute Gasteiger partial charge is 0.462 e. The highest BCUT2D eigenvalue weighted by Crippen LogP contribution is 2.38. The first-order valence-electron chi connectivity index (χ1n) is 5.22. The zero-order valence-electron chi connectivity index (χ0n) is 9.53. The van der Waals surface area contributed by atoms with Gasteiger partial charge in [-0.05, 0) is 20.8 Å². The van der Waals surface area contributed by atoms with Crippen molar-refractivity contribution in [1.29, 1.82) is 0 Å². The molecule has 3 nitrogen and oxygen atoms in total. The van der Waals surface area contributed by atoms with Gasteiger partial charge in [-0.1, -0.05) is 18.2 Å². The molecule has 3 heteroatoms. The number of esters is 1. The molecule has 0 aromatic carbocycles. The van der Waals surface area contributed by atoms with Crippen molar-refractivity contribution in [3.63, 3.8) is 0 Å². The van der Waals surface area contributed by atoms with Crippen LogP contribution < -0.4 is 0 Å². The molecular weight excluding hydrogens is 192 g/mol. The van der Waals surface area contributed by atoms with Gasteiger partial charge >= 0.3 is 5.97 Å². The van der Waals surface area contributed by atoms with E-state index in [0.717, 1.165) is 6.42 Å². The minimum Gasteiger partial charge on any atom is -0.462 e. The van der Waals surface area contributed by atoms with Gasteiger partial charge in [0.25, 0.3) is 0 Å². The van der Waals surface area contributed by atoms with Crippen LogP contribution in [-0.4, -0.2) is 24.3 Å². The second-order valence-corrected chi connectivity index (χ2v) is 3.88. The number of allylic oxidation sites excluding steroid dienone is 3. The van der Waals surface area contributed by atoms with E-state index in [0.29, 0.717) is 6.61 Å². The first-order chi connectivity index (χ1) is 7.08. The number of hydrogen-bond donors (Lipinski definition) is 0. The van der Waals surface area contributed by atoms with Gasteiger partial charge in [0.15, 0.2) is 0 Å². The molecule has 0 amide bonds. The second kappa shape index (κ2) is 5.12. The summed E-state index contributed by atoms with van der Waals surface area (Å²) in [5.41, 5.74) is -0.0761. The maximum absolute atomic E-state index is 11.1. The van der Waals surface area contributed by atoms with E-state index in [9.17, 15) is 4.79 Å². The Kier molecular flexibility index (Phi) is 4.09. The van der Waals surface area contributed by atoms with Crippen LogP contribution in [0.5, 0.6) is 0 Å². The first kappa shape index (κ1) is 12.0. The van der Waals surface area contributed by atoms with Gasteiger partial charge in [0.2, 0.25) is 0 Å². The van der Waals surface area contributed by atoms with Gasteiger partial charge < -0.3 is 9.47 Å². The minimum atomic E-state index is -0.301. The fourth-order valence-electron chi connectivity index (χ4n) is 1.28. The molecule has 1 saturated heterocycles. The minimum absolute atomic E-state index is 0.0761. The molecular formula is C12H18O3. The average molecular weight is 210 g/mol. The molecule has 1 aliphatic rings. The fraction of sp³-hybridized carbons (Fsp3) is 0.583. The zero-order chi connectivity index (χ0) is 11.3. The van der Waals surface area contributed by atoms with Crippen molar-refractivity contribution < 1.29 is 14.3 Å². The summed E-state index contributed by atoms with van der Waals surface area (Å²) in [5, 5.41) is 0. The van der Waals surface area contributed by atoms with Crippen LogP contribution in [-0.2, 0) is 14.3 Å². The third kappa shape index (κ3) is 3.88.